The van der Waals surface area contributed by atoms with E-state index < -0.39 is 0 Å². The molecule has 2 rings (SSSR count). The molecule has 3 N–H and O–H groups in total. The molecule has 1 aromatic heterocycles. The van der Waals surface area contributed by atoms with Crippen molar-refractivity contribution < 1.29 is 4.74 Å². The number of nitrogens with one attached hydrogen (secondary N) is 1. The molecule has 0 amide bonds. The van der Waals surface area contributed by atoms with Gasteiger partial charge in [-0.15, -0.1) is 0 Å². The highest BCUT2D eigenvalue weighted by molar-refractivity contribution is 5.39. The lowest BCUT2D eigenvalue weighted by molar-refractivity contribution is 0.292. The molecule has 0 saturated heterocycles. The van der Waals surface area contributed by atoms with Crippen molar-refractivity contribution in [3.05, 3.63) is 52.1 Å². The van der Waals surface area contributed by atoms with Crippen LogP contribution in [0.3, 0.4) is 0 Å². The van der Waals surface area contributed by atoms with Gasteiger partial charge in [-0.3, -0.25) is 4.79 Å². The molecule has 0 aliphatic rings. The minimum Gasteiger partial charge on any atom is -0.473 e. The van der Waals surface area contributed by atoms with Gasteiger partial charge in [0.2, 0.25) is 5.88 Å². The Morgan fingerprint density at radius 2 is 2.06 bits per heavy atom. The van der Waals surface area contributed by atoms with Crippen LogP contribution in [0.4, 0.5) is 5.69 Å². The van der Waals surface area contributed by atoms with Gasteiger partial charge >= 0.3 is 0 Å². The Kier molecular flexibility index (Phi) is 3.62. The zero-order valence-corrected chi connectivity index (χ0v) is 10.1. The van der Waals surface area contributed by atoms with Gasteiger partial charge in [-0.05, 0) is 17.7 Å². The van der Waals surface area contributed by atoms with Gasteiger partial charge in [0.05, 0.1) is 6.07 Å². The Bertz CT molecular complexity index is 576. The second kappa shape index (κ2) is 5.35. The monoisotopic (exact) mass is 245 g/mol. The van der Waals surface area contributed by atoms with E-state index in [0.717, 1.165) is 5.56 Å². The first-order chi connectivity index (χ1) is 8.67. The Labute approximate surface area is 105 Å². The minimum absolute atomic E-state index is 0.200. The van der Waals surface area contributed by atoms with Crippen molar-refractivity contribution >= 4 is 5.69 Å². The number of hydrogen-bond acceptors (Lipinski definition) is 4. The molecule has 5 heteroatoms. The van der Waals surface area contributed by atoms with E-state index in [9.17, 15) is 4.79 Å². The number of benzene rings is 1. The number of aromatic amines is 1. The van der Waals surface area contributed by atoms with Crippen LogP contribution in [0.5, 0.6) is 5.88 Å². The molecule has 0 aliphatic carbocycles. The molecule has 0 fully saturated rings. The summed E-state index contributed by atoms with van der Waals surface area (Å²) in [4.78, 5) is 18.2. The van der Waals surface area contributed by atoms with Crippen LogP contribution in [0.1, 0.15) is 18.3 Å². The van der Waals surface area contributed by atoms with Crippen molar-refractivity contribution in [1.29, 1.82) is 0 Å². The summed E-state index contributed by atoms with van der Waals surface area (Å²) in [7, 11) is 0. The minimum atomic E-state index is -0.200. The molecule has 5 nitrogen and oxygen atoms in total. The molecule has 0 saturated carbocycles. The van der Waals surface area contributed by atoms with E-state index >= 15 is 0 Å². The Hall–Kier alpha value is -2.30. The van der Waals surface area contributed by atoms with Gasteiger partial charge < -0.3 is 15.5 Å². The SMILES string of the molecule is CCc1nc(OCc2ccc(N)cc2)cc(=O)[nH]1. The van der Waals surface area contributed by atoms with E-state index in [-0.39, 0.29) is 5.56 Å². The van der Waals surface area contributed by atoms with E-state index in [1.807, 2.05) is 19.1 Å². The third-order valence-corrected chi connectivity index (χ3v) is 2.47. The van der Waals surface area contributed by atoms with Gasteiger partial charge in [-0.2, -0.15) is 0 Å². The lowest BCUT2D eigenvalue weighted by Gasteiger charge is -2.06. The molecule has 1 heterocycles. The Morgan fingerprint density at radius 1 is 1.33 bits per heavy atom. The lowest BCUT2D eigenvalue weighted by atomic mass is 10.2. The van der Waals surface area contributed by atoms with Crippen molar-refractivity contribution in [2.75, 3.05) is 5.73 Å². The van der Waals surface area contributed by atoms with Crippen LogP contribution < -0.4 is 16.0 Å². The van der Waals surface area contributed by atoms with Crippen molar-refractivity contribution in [2.24, 2.45) is 0 Å². The smallest absolute Gasteiger partial charge is 0.254 e. The first-order valence-electron chi connectivity index (χ1n) is 5.75. The van der Waals surface area contributed by atoms with E-state index in [0.29, 0.717) is 30.4 Å². The first kappa shape index (κ1) is 12.2. The first-order valence-corrected chi connectivity index (χ1v) is 5.75. The van der Waals surface area contributed by atoms with Crippen molar-refractivity contribution in [2.45, 2.75) is 20.0 Å². The fourth-order valence-corrected chi connectivity index (χ4v) is 1.50. The number of nitrogens with two attached hydrogens (primary N) is 1. The molecule has 0 unspecified atom stereocenters. The number of H-pyrrole nitrogens is 1. The molecule has 94 valence electrons. The van der Waals surface area contributed by atoms with E-state index in [4.69, 9.17) is 10.5 Å². The fraction of sp³-hybridized carbons (Fsp3) is 0.231. The normalized spacial score (nSPS) is 10.3. The van der Waals surface area contributed by atoms with Gasteiger partial charge in [0.15, 0.2) is 0 Å². The van der Waals surface area contributed by atoms with E-state index in [2.05, 4.69) is 9.97 Å². The quantitative estimate of drug-likeness (QED) is 0.800. The molecular formula is C13H15N3O2. The lowest BCUT2D eigenvalue weighted by Crippen LogP contribution is -2.11. The van der Waals surface area contributed by atoms with Crippen LogP contribution in [0.15, 0.2) is 35.1 Å². The van der Waals surface area contributed by atoms with Crippen LogP contribution in [0.25, 0.3) is 0 Å². The Balaban J connectivity index is 2.08. The third kappa shape index (κ3) is 3.10. The zero-order chi connectivity index (χ0) is 13.0. The maximum atomic E-state index is 11.3. The van der Waals surface area contributed by atoms with Crippen LogP contribution in [0.2, 0.25) is 0 Å². The number of nitrogens with zero attached hydrogens (tertiary/aromatic N) is 1. The summed E-state index contributed by atoms with van der Waals surface area (Å²) in [5, 5.41) is 0. The molecule has 18 heavy (non-hydrogen) atoms. The second-order valence-electron chi connectivity index (χ2n) is 3.91. The molecular weight excluding hydrogens is 230 g/mol. The van der Waals surface area contributed by atoms with Crippen molar-refractivity contribution in [3.63, 3.8) is 0 Å². The molecule has 0 spiro atoms. The van der Waals surface area contributed by atoms with Crippen molar-refractivity contribution in [1.82, 2.24) is 9.97 Å². The predicted octanol–water partition coefficient (Wildman–Crippen LogP) is 1.49. The number of ether oxygens (including phenoxy) is 1. The van der Waals surface area contributed by atoms with Gasteiger partial charge in [0.25, 0.3) is 5.56 Å². The maximum Gasteiger partial charge on any atom is 0.254 e. The van der Waals surface area contributed by atoms with Gasteiger partial charge in [0.1, 0.15) is 12.4 Å². The van der Waals surface area contributed by atoms with Crippen LogP contribution in [-0.4, -0.2) is 9.97 Å². The summed E-state index contributed by atoms with van der Waals surface area (Å²) in [6, 6.07) is 8.71. The maximum absolute atomic E-state index is 11.3. The molecule has 0 atom stereocenters. The average molecular weight is 245 g/mol. The highest BCUT2D eigenvalue weighted by Gasteiger charge is 2.01. The fourth-order valence-electron chi connectivity index (χ4n) is 1.50. The summed E-state index contributed by atoms with van der Waals surface area (Å²) >= 11 is 0. The topological polar surface area (TPSA) is 81.0 Å². The summed E-state index contributed by atoms with van der Waals surface area (Å²) in [5.41, 5.74) is 7.08. The van der Waals surface area contributed by atoms with Crippen molar-refractivity contribution in [3.8, 4) is 5.88 Å². The van der Waals surface area contributed by atoms with Gasteiger partial charge in [0, 0.05) is 12.1 Å². The number of anilines is 1. The van der Waals surface area contributed by atoms with Gasteiger partial charge in [-0.1, -0.05) is 19.1 Å². The molecule has 2 aromatic rings. The molecule has 0 radical (unpaired) electrons. The second-order valence-corrected chi connectivity index (χ2v) is 3.91. The summed E-state index contributed by atoms with van der Waals surface area (Å²) < 4.78 is 5.48. The molecule has 0 bridgehead atoms. The number of aromatic nitrogens is 2. The zero-order valence-electron chi connectivity index (χ0n) is 10.1. The predicted molar refractivity (Wildman–Crippen MR) is 69.4 cm³/mol. The number of nitrogen functional groups attached to an aromatic ring is 1. The largest absolute Gasteiger partial charge is 0.473 e. The highest BCUT2D eigenvalue weighted by Crippen LogP contribution is 2.09. The number of hydrogen-bond donors (Lipinski definition) is 2. The van der Waals surface area contributed by atoms with E-state index in [1.54, 1.807) is 12.1 Å². The highest BCUT2D eigenvalue weighted by atomic mass is 16.5. The van der Waals surface area contributed by atoms with Gasteiger partial charge in [-0.25, -0.2) is 4.98 Å². The standard InChI is InChI=1S/C13H15N3O2/c1-2-11-15-12(17)7-13(16-11)18-8-9-3-5-10(14)6-4-9/h3-7H,2,8,14H2,1H3,(H,15,16,17). The molecule has 0 aliphatic heterocycles. The molecule has 1 aromatic carbocycles. The third-order valence-electron chi connectivity index (χ3n) is 2.47. The summed E-state index contributed by atoms with van der Waals surface area (Å²) in [6.07, 6.45) is 0.661. The Morgan fingerprint density at radius 3 is 2.72 bits per heavy atom. The summed E-state index contributed by atoms with van der Waals surface area (Å²) in [6.45, 7) is 2.28. The average Bonchev–Trinajstić information content (AvgIpc) is 2.37. The van der Waals surface area contributed by atoms with Crippen LogP contribution >= 0.6 is 0 Å². The van der Waals surface area contributed by atoms with Crippen LogP contribution in [-0.2, 0) is 13.0 Å². The number of aryl methyl sites for hydroxylation is 1. The van der Waals surface area contributed by atoms with Crippen LogP contribution in [0, 0.1) is 0 Å². The summed E-state index contributed by atoms with van der Waals surface area (Å²) in [5.74, 6) is 0.960. The number of rotatable bonds is 4. The van der Waals surface area contributed by atoms with E-state index in [1.165, 1.54) is 6.07 Å².